The number of anilines is 2. The van der Waals surface area contributed by atoms with Gasteiger partial charge in [0.25, 0.3) is 0 Å². The first kappa shape index (κ1) is 12.3. The van der Waals surface area contributed by atoms with Crippen LogP contribution in [0.4, 0.5) is 11.5 Å². The summed E-state index contributed by atoms with van der Waals surface area (Å²) in [6.07, 6.45) is 1.76. The van der Waals surface area contributed by atoms with Crippen molar-refractivity contribution in [1.82, 2.24) is 4.98 Å². The Morgan fingerprint density at radius 2 is 2.05 bits per heavy atom. The smallest absolute Gasteiger partial charge is 0.141 e. The summed E-state index contributed by atoms with van der Waals surface area (Å²) in [4.78, 5) is 6.27. The third-order valence-electron chi connectivity index (χ3n) is 3.56. The number of nitrogen functional groups attached to an aromatic ring is 1. The maximum absolute atomic E-state index is 9.20. The monoisotopic (exact) mass is 266 g/mol. The SMILES string of the molecule is COc1ccc(N2Cc3cnc(N)c(C#N)c3C2)cc1. The number of benzene rings is 1. The lowest BCUT2D eigenvalue weighted by Gasteiger charge is -2.17. The zero-order chi connectivity index (χ0) is 14.1. The summed E-state index contributed by atoms with van der Waals surface area (Å²) in [6.45, 7) is 1.42. The highest BCUT2D eigenvalue weighted by molar-refractivity contribution is 5.61. The van der Waals surface area contributed by atoms with Crippen LogP contribution in [0.1, 0.15) is 16.7 Å². The van der Waals surface area contributed by atoms with Crippen LogP contribution in [0.15, 0.2) is 30.5 Å². The highest BCUT2D eigenvalue weighted by Crippen LogP contribution is 2.32. The van der Waals surface area contributed by atoms with Crippen LogP contribution in [0.25, 0.3) is 0 Å². The van der Waals surface area contributed by atoms with Gasteiger partial charge in [0.05, 0.1) is 12.7 Å². The number of nitrogens with two attached hydrogens (primary N) is 1. The van der Waals surface area contributed by atoms with Crippen LogP contribution in [0.3, 0.4) is 0 Å². The summed E-state index contributed by atoms with van der Waals surface area (Å²) in [5.41, 5.74) is 9.39. The molecule has 5 heteroatoms. The normalized spacial score (nSPS) is 12.9. The van der Waals surface area contributed by atoms with Crippen LogP contribution in [-0.4, -0.2) is 12.1 Å². The van der Waals surface area contributed by atoms with Gasteiger partial charge >= 0.3 is 0 Å². The number of methoxy groups -OCH3 is 1. The third kappa shape index (κ3) is 1.91. The highest BCUT2D eigenvalue weighted by atomic mass is 16.5. The van der Waals surface area contributed by atoms with E-state index in [1.807, 2.05) is 24.3 Å². The molecule has 0 fully saturated rings. The quantitative estimate of drug-likeness (QED) is 0.900. The van der Waals surface area contributed by atoms with Crippen LogP contribution < -0.4 is 15.4 Å². The number of nitrogens with zero attached hydrogens (tertiary/aromatic N) is 3. The minimum absolute atomic E-state index is 0.308. The standard InChI is InChI=1S/C15H14N4O/c1-20-12-4-2-11(3-5-12)19-8-10-7-18-15(17)13(6-16)14(10)9-19/h2-5,7H,8-9H2,1H3,(H2,17,18). The van der Waals surface area contributed by atoms with Gasteiger partial charge in [0.15, 0.2) is 0 Å². The van der Waals surface area contributed by atoms with Gasteiger partial charge in [-0.15, -0.1) is 0 Å². The van der Waals surface area contributed by atoms with Gasteiger partial charge in [-0.3, -0.25) is 0 Å². The first-order chi connectivity index (χ1) is 9.72. The predicted octanol–water partition coefficient (Wildman–Crippen LogP) is 2.06. The maximum atomic E-state index is 9.20. The van der Waals surface area contributed by atoms with Gasteiger partial charge in [-0.1, -0.05) is 0 Å². The van der Waals surface area contributed by atoms with Gasteiger partial charge < -0.3 is 15.4 Å². The van der Waals surface area contributed by atoms with Crippen LogP contribution >= 0.6 is 0 Å². The molecule has 100 valence electrons. The number of fused-ring (bicyclic) bond motifs is 1. The summed E-state index contributed by atoms with van der Waals surface area (Å²) in [7, 11) is 1.65. The van der Waals surface area contributed by atoms with Crippen molar-refractivity contribution in [2.75, 3.05) is 17.7 Å². The van der Waals surface area contributed by atoms with Crippen molar-refractivity contribution < 1.29 is 4.74 Å². The van der Waals surface area contributed by atoms with Crippen LogP contribution in [0.5, 0.6) is 5.75 Å². The van der Waals surface area contributed by atoms with Gasteiger partial charge in [-0.25, -0.2) is 4.98 Å². The molecular formula is C15H14N4O. The molecule has 1 aliphatic heterocycles. The molecule has 5 nitrogen and oxygen atoms in total. The Balaban J connectivity index is 1.92. The Bertz CT molecular complexity index is 688. The fraction of sp³-hybridized carbons (Fsp3) is 0.200. The average molecular weight is 266 g/mol. The van der Waals surface area contributed by atoms with Crippen molar-refractivity contribution in [2.45, 2.75) is 13.1 Å². The summed E-state index contributed by atoms with van der Waals surface area (Å²) in [6, 6.07) is 10.0. The predicted molar refractivity (Wildman–Crippen MR) is 76.2 cm³/mol. The van der Waals surface area contributed by atoms with Gasteiger partial charge in [0.1, 0.15) is 17.6 Å². The molecule has 1 aromatic carbocycles. The molecule has 2 N–H and O–H groups in total. The molecule has 1 aromatic heterocycles. The number of nitriles is 1. The molecule has 1 aliphatic rings. The lowest BCUT2D eigenvalue weighted by molar-refractivity contribution is 0.415. The summed E-state index contributed by atoms with van der Waals surface area (Å²) in [5, 5.41) is 9.20. The van der Waals surface area contributed by atoms with E-state index in [2.05, 4.69) is 16.0 Å². The maximum Gasteiger partial charge on any atom is 0.141 e. The minimum Gasteiger partial charge on any atom is -0.497 e. The van der Waals surface area contributed by atoms with Crippen LogP contribution in [-0.2, 0) is 13.1 Å². The zero-order valence-corrected chi connectivity index (χ0v) is 11.1. The average Bonchev–Trinajstić information content (AvgIpc) is 2.91. The molecule has 3 rings (SSSR count). The second kappa shape index (κ2) is 4.74. The largest absolute Gasteiger partial charge is 0.497 e. The molecule has 20 heavy (non-hydrogen) atoms. The molecule has 0 amide bonds. The van der Waals surface area contributed by atoms with E-state index >= 15 is 0 Å². The van der Waals surface area contributed by atoms with Crippen molar-refractivity contribution in [1.29, 1.82) is 5.26 Å². The van der Waals surface area contributed by atoms with E-state index in [1.54, 1.807) is 13.3 Å². The van der Waals surface area contributed by atoms with Crippen LogP contribution in [0.2, 0.25) is 0 Å². The van der Waals surface area contributed by atoms with E-state index in [0.29, 0.717) is 17.9 Å². The molecule has 0 saturated carbocycles. The van der Waals surface area contributed by atoms with E-state index in [-0.39, 0.29) is 0 Å². The fourth-order valence-electron chi connectivity index (χ4n) is 2.47. The second-order valence-corrected chi connectivity index (χ2v) is 4.69. The fourth-order valence-corrected chi connectivity index (χ4v) is 2.47. The van der Waals surface area contributed by atoms with Crippen molar-refractivity contribution in [3.63, 3.8) is 0 Å². The Morgan fingerprint density at radius 1 is 1.30 bits per heavy atom. The first-order valence-corrected chi connectivity index (χ1v) is 6.28. The number of ether oxygens (including phenoxy) is 1. The summed E-state index contributed by atoms with van der Waals surface area (Å²) < 4.78 is 5.16. The number of aromatic nitrogens is 1. The molecule has 0 saturated heterocycles. The Morgan fingerprint density at radius 3 is 2.70 bits per heavy atom. The lowest BCUT2D eigenvalue weighted by atomic mass is 10.1. The summed E-state index contributed by atoms with van der Waals surface area (Å²) in [5.74, 6) is 1.14. The molecule has 0 aliphatic carbocycles. The van der Waals surface area contributed by atoms with Gasteiger partial charge in [0, 0.05) is 25.0 Å². The number of hydrogen-bond acceptors (Lipinski definition) is 5. The Labute approximate surface area is 117 Å². The second-order valence-electron chi connectivity index (χ2n) is 4.69. The molecule has 0 unspecified atom stereocenters. The molecule has 0 bridgehead atoms. The van der Waals surface area contributed by atoms with E-state index in [0.717, 1.165) is 29.1 Å². The topological polar surface area (TPSA) is 75.2 Å². The summed E-state index contributed by atoms with van der Waals surface area (Å²) >= 11 is 0. The van der Waals surface area contributed by atoms with E-state index in [1.165, 1.54) is 0 Å². The Kier molecular flexibility index (Phi) is 2.92. The lowest BCUT2D eigenvalue weighted by Crippen LogP contribution is -2.14. The van der Waals surface area contributed by atoms with Crippen LogP contribution in [0, 0.1) is 11.3 Å². The number of hydrogen-bond donors (Lipinski definition) is 1. The molecule has 0 spiro atoms. The first-order valence-electron chi connectivity index (χ1n) is 6.28. The van der Waals surface area contributed by atoms with Crippen molar-refractivity contribution in [3.05, 3.63) is 47.2 Å². The van der Waals surface area contributed by atoms with E-state index < -0.39 is 0 Å². The minimum atomic E-state index is 0.308. The van der Waals surface area contributed by atoms with E-state index in [9.17, 15) is 5.26 Å². The van der Waals surface area contributed by atoms with Crippen molar-refractivity contribution >= 4 is 11.5 Å². The highest BCUT2D eigenvalue weighted by Gasteiger charge is 2.24. The Hall–Kier alpha value is -2.74. The molecule has 2 aromatic rings. The zero-order valence-electron chi connectivity index (χ0n) is 11.1. The van der Waals surface area contributed by atoms with E-state index in [4.69, 9.17) is 10.5 Å². The van der Waals surface area contributed by atoms with Gasteiger partial charge in [-0.2, -0.15) is 5.26 Å². The molecular weight excluding hydrogens is 252 g/mol. The number of pyridine rings is 1. The van der Waals surface area contributed by atoms with Gasteiger partial charge in [0.2, 0.25) is 0 Å². The van der Waals surface area contributed by atoms with Gasteiger partial charge in [-0.05, 0) is 35.4 Å². The molecule has 0 radical (unpaired) electrons. The molecule has 0 atom stereocenters. The third-order valence-corrected chi connectivity index (χ3v) is 3.56. The van der Waals surface area contributed by atoms with Crippen molar-refractivity contribution in [3.8, 4) is 11.8 Å². The molecule has 2 heterocycles. The number of rotatable bonds is 2. The van der Waals surface area contributed by atoms with Crippen molar-refractivity contribution in [2.24, 2.45) is 0 Å².